The lowest BCUT2D eigenvalue weighted by molar-refractivity contribution is -0.140. The summed E-state index contributed by atoms with van der Waals surface area (Å²) in [5, 5.41) is 7.59. The molecule has 2 aromatic carbocycles. The number of hydrogen-bond donors (Lipinski definition) is 0. The zero-order valence-corrected chi connectivity index (χ0v) is 16.2. The maximum Gasteiger partial charge on any atom is 0.254 e. The highest BCUT2D eigenvalue weighted by Crippen LogP contribution is 2.65. The van der Waals surface area contributed by atoms with E-state index < -0.39 is 0 Å². The van der Waals surface area contributed by atoms with E-state index in [9.17, 15) is 9.59 Å². The smallest absolute Gasteiger partial charge is 0.254 e. The molecule has 0 unspecified atom stereocenters. The Morgan fingerprint density at radius 1 is 1.03 bits per heavy atom. The Balaban J connectivity index is 1.38. The van der Waals surface area contributed by atoms with E-state index in [-0.39, 0.29) is 35.5 Å². The van der Waals surface area contributed by atoms with Gasteiger partial charge >= 0.3 is 0 Å². The van der Waals surface area contributed by atoms with Gasteiger partial charge in [-0.05, 0) is 53.9 Å². The van der Waals surface area contributed by atoms with Crippen molar-refractivity contribution < 1.29 is 14.3 Å². The van der Waals surface area contributed by atoms with E-state index in [1.54, 1.807) is 6.21 Å². The van der Waals surface area contributed by atoms with Gasteiger partial charge in [-0.2, -0.15) is 10.1 Å². The number of ether oxygens (including phenoxy) is 1. The highest BCUT2D eigenvalue weighted by atomic mass is 16.5. The van der Waals surface area contributed by atoms with E-state index >= 15 is 0 Å². The summed E-state index contributed by atoms with van der Waals surface area (Å²) in [6, 6.07) is 11.9. The van der Waals surface area contributed by atoms with Gasteiger partial charge in [0.05, 0.1) is 24.7 Å². The Morgan fingerprint density at radius 3 is 2.41 bits per heavy atom. The third-order valence-corrected chi connectivity index (χ3v) is 7.17. The molecule has 0 N–H and O–H groups in total. The molecule has 146 valence electrons. The van der Waals surface area contributed by atoms with Crippen LogP contribution in [0.1, 0.15) is 18.9 Å². The zero-order chi connectivity index (χ0) is 19.7. The largest absolute Gasteiger partial charge is 0.493 e. The second kappa shape index (κ2) is 6.02. The molecular weight excluding hydrogens is 364 g/mol. The summed E-state index contributed by atoms with van der Waals surface area (Å²) in [5.74, 6) is 1.58. The fourth-order valence-corrected chi connectivity index (χ4v) is 5.86. The number of carbonyl (C=O) groups excluding carboxylic acids is 2. The molecule has 7 rings (SSSR count). The van der Waals surface area contributed by atoms with Crippen molar-refractivity contribution in [3.63, 3.8) is 0 Å². The predicted molar refractivity (Wildman–Crippen MR) is 109 cm³/mol. The number of carbonyl (C=O) groups is 2. The van der Waals surface area contributed by atoms with Gasteiger partial charge in [-0.25, -0.2) is 0 Å². The van der Waals surface area contributed by atoms with Gasteiger partial charge in [0.2, 0.25) is 0 Å². The second-order valence-electron chi connectivity index (χ2n) is 8.52. The van der Waals surface area contributed by atoms with Crippen LogP contribution in [0, 0.1) is 35.5 Å². The van der Waals surface area contributed by atoms with Crippen LogP contribution in [-0.2, 0) is 9.59 Å². The lowest BCUT2D eigenvalue weighted by atomic mass is 9.63. The van der Waals surface area contributed by atoms with Crippen molar-refractivity contribution in [3.05, 3.63) is 54.1 Å². The molecule has 2 saturated carbocycles. The SMILES string of the molecule is CCOc1ccc2ccccc2c1/C=N\N1C(=O)[C@@H]2[C@H]3C=C[C@@H]([C@@H]4C[C@@H]34)[C@@H]2C1=O. The number of fused-ring (bicyclic) bond motifs is 1. The van der Waals surface area contributed by atoms with Gasteiger partial charge in [0.1, 0.15) is 5.75 Å². The lowest BCUT2D eigenvalue weighted by Gasteiger charge is -2.37. The maximum absolute atomic E-state index is 13.1. The fourth-order valence-electron chi connectivity index (χ4n) is 5.86. The molecule has 2 amide bonds. The minimum atomic E-state index is -0.225. The van der Waals surface area contributed by atoms with E-state index in [4.69, 9.17) is 4.74 Å². The summed E-state index contributed by atoms with van der Waals surface area (Å²) in [6.45, 7) is 2.46. The Morgan fingerprint density at radius 2 is 1.72 bits per heavy atom. The second-order valence-corrected chi connectivity index (χ2v) is 8.52. The Bertz CT molecular complexity index is 1070. The summed E-state index contributed by atoms with van der Waals surface area (Å²) < 4.78 is 5.78. The van der Waals surface area contributed by atoms with Gasteiger partial charge in [0, 0.05) is 5.56 Å². The molecule has 29 heavy (non-hydrogen) atoms. The van der Waals surface area contributed by atoms with E-state index in [1.165, 1.54) is 0 Å². The lowest BCUT2D eigenvalue weighted by Crippen LogP contribution is -2.40. The molecule has 4 aliphatic carbocycles. The maximum atomic E-state index is 13.1. The van der Waals surface area contributed by atoms with Crippen LogP contribution >= 0.6 is 0 Å². The minimum Gasteiger partial charge on any atom is -0.493 e. The van der Waals surface area contributed by atoms with Crippen LogP contribution < -0.4 is 4.74 Å². The molecule has 0 radical (unpaired) electrons. The number of allylic oxidation sites excluding steroid dienone is 2. The number of hydrogen-bond acceptors (Lipinski definition) is 4. The van der Waals surface area contributed by atoms with E-state index in [2.05, 4.69) is 17.3 Å². The molecule has 2 bridgehead atoms. The van der Waals surface area contributed by atoms with Crippen LogP contribution in [0.3, 0.4) is 0 Å². The number of imide groups is 1. The number of benzene rings is 2. The van der Waals surface area contributed by atoms with Gasteiger partial charge < -0.3 is 4.74 Å². The summed E-state index contributed by atoms with van der Waals surface area (Å²) in [4.78, 5) is 26.3. The highest BCUT2D eigenvalue weighted by Gasteiger charge is 2.67. The number of rotatable bonds is 4. The van der Waals surface area contributed by atoms with Crippen LogP contribution in [0.5, 0.6) is 5.75 Å². The Labute approximate surface area is 169 Å². The van der Waals surface area contributed by atoms with Gasteiger partial charge in [0.15, 0.2) is 0 Å². The first kappa shape index (κ1) is 17.0. The van der Waals surface area contributed by atoms with Crippen molar-refractivity contribution in [2.75, 3.05) is 6.61 Å². The van der Waals surface area contributed by atoms with Crippen molar-refractivity contribution in [3.8, 4) is 5.75 Å². The molecule has 0 aromatic heterocycles. The standard InChI is InChI=1S/C24H22N2O3/c1-2-29-20-10-7-13-5-3-4-6-14(13)19(20)12-25-26-23(27)21-15-8-9-16(18-11-17(15)18)22(21)24(26)28/h3-10,12,15-18,21-22H,2,11H2,1H3/b25-12-/t15-,16-,17-,18-,21-,22+/m0/s1. The summed E-state index contributed by atoms with van der Waals surface area (Å²) in [5.41, 5.74) is 0.796. The summed E-state index contributed by atoms with van der Waals surface area (Å²) in [7, 11) is 0. The molecule has 0 spiro atoms. The third-order valence-electron chi connectivity index (χ3n) is 7.17. The number of hydrazone groups is 1. The molecular formula is C24H22N2O3. The predicted octanol–water partition coefficient (Wildman–Crippen LogP) is 3.63. The molecule has 6 atom stereocenters. The Kier molecular flexibility index (Phi) is 3.52. The summed E-state index contributed by atoms with van der Waals surface area (Å²) in [6.07, 6.45) is 7.13. The molecule has 5 nitrogen and oxygen atoms in total. The average molecular weight is 386 g/mol. The quantitative estimate of drug-likeness (QED) is 0.458. The van der Waals surface area contributed by atoms with Crippen molar-refractivity contribution in [1.29, 1.82) is 0 Å². The molecule has 1 saturated heterocycles. The molecule has 2 aromatic rings. The van der Waals surface area contributed by atoms with Crippen molar-refractivity contribution in [1.82, 2.24) is 5.01 Å². The van der Waals surface area contributed by atoms with Gasteiger partial charge in [-0.15, -0.1) is 0 Å². The van der Waals surface area contributed by atoms with E-state index in [1.807, 2.05) is 43.3 Å². The zero-order valence-electron chi connectivity index (χ0n) is 16.2. The first-order chi connectivity index (χ1) is 14.2. The average Bonchev–Trinajstić information content (AvgIpc) is 3.53. The van der Waals surface area contributed by atoms with Gasteiger partial charge in [-0.3, -0.25) is 9.59 Å². The molecule has 1 aliphatic heterocycles. The summed E-state index contributed by atoms with van der Waals surface area (Å²) >= 11 is 0. The van der Waals surface area contributed by atoms with Gasteiger partial charge in [-0.1, -0.05) is 42.5 Å². The molecule has 3 fully saturated rings. The van der Waals surface area contributed by atoms with Crippen LogP contribution in [0.25, 0.3) is 10.8 Å². The van der Waals surface area contributed by atoms with E-state index in [0.717, 1.165) is 27.8 Å². The topological polar surface area (TPSA) is 59.0 Å². The van der Waals surface area contributed by atoms with Crippen LogP contribution in [0.4, 0.5) is 0 Å². The monoisotopic (exact) mass is 386 g/mol. The van der Waals surface area contributed by atoms with Crippen LogP contribution in [-0.4, -0.2) is 29.6 Å². The first-order valence-electron chi connectivity index (χ1n) is 10.4. The number of amides is 2. The van der Waals surface area contributed by atoms with Crippen LogP contribution in [0.2, 0.25) is 0 Å². The van der Waals surface area contributed by atoms with Gasteiger partial charge in [0.25, 0.3) is 11.8 Å². The first-order valence-corrected chi connectivity index (χ1v) is 10.4. The van der Waals surface area contributed by atoms with Crippen LogP contribution in [0.15, 0.2) is 53.7 Å². The number of nitrogens with zero attached hydrogens (tertiary/aromatic N) is 2. The Hall–Kier alpha value is -2.95. The molecule has 1 heterocycles. The van der Waals surface area contributed by atoms with Crippen molar-refractivity contribution in [2.45, 2.75) is 13.3 Å². The minimum absolute atomic E-state index is 0.140. The fraction of sp³-hybridized carbons (Fsp3) is 0.375. The normalized spacial score (nSPS) is 34.2. The highest BCUT2D eigenvalue weighted by molar-refractivity contribution is 6.08. The van der Waals surface area contributed by atoms with Crippen molar-refractivity contribution >= 4 is 28.8 Å². The molecule has 5 aliphatic rings. The molecule has 5 heteroatoms. The van der Waals surface area contributed by atoms with E-state index in [0.29, 0.717) is 24.2 Å². The third kappa shape index (κ3) is 2.30. The van der Waals surface area contributed by atoms with Crippen molar-refractivity contribution in [2.24, 2.45) is 40.6 Å².